The molecular formula is C23H22INO2. The maximum Gasteiger partial charge on any atom is 0.258 e. The summed E-state index contributed by atoms with van der Waals surface area (Å²) in [6, 6.07) is 21.6. The van der Waals surface area contributed by atoms with E-state index in [4.69, 9.17) is 4.74 Å². The number of carbonyl (C=O) groups is 1. The molecular weight excluding hydrogens is 449 g/mol. The number of rotatable bonds is 5. The molecule has 3 rings (SSSR count). The van der Waals surface area contributed by atoms with Gasteiger partial charge >= 0.3 is 0 Å². The van der Waals surface area contributed by atoms with Gasteiger partial charge in [0.05, 0.1) is 19.3 Å². The van der Waals surface area contributed by atoms with Crippen LogP contribution in [0.15, 0.2) is 66.7 Å². The van der Waals surface area contributed by atoms with Crippen molar-refractivity contribution >= 4 is 34.2 Å². The van der Waals surface area contributed by atoms with E-state index in [0.29, 0.717) is 12.1 Å². The Kier molecular flexibility index (Phi) is 6.16. The Hall–Kier alpha value is -2.34. The molecule has 0 aliphatic carbocycles. The van der Waals surface area contributed by atoms with Crippen molar-refractivity contribution in [2.75, 3.05) is 12.0 Å². The Morgan fingerprint density at radius 2 is 1.67 bits per heavy atom. The smallest absolute Gasteiger partial charge is 0.258 e. The Bertz CT molecular complexity index is 913. The summed E-state index contributed by atoms with van der Waals surface area (Å²) in [4.78, 5) is 15.3. The third kappa shape index (κ3) is 4.50. The molecule has 0 aliphatic rings. The molecule has 0 saturated carbocycles. The van der Waals surface area contributed by atoms with Gasteiger partial charge in [0.25, 0.3) is 5.91 Å². The van der Waals surface area contributed by atoms with Gasteiger partial charge in [-0.1, -0.05) is 36.4 Å². The summed E-state index contributed by atoms with van der Waals surface area (Å²) >= 11 is 2.32. The zero-order valence-corrected chi connectivity index (χ0v) is 17.9. The molecule has 0 heterocycles. The maximum absolute atomic E-state index is 13.4. The van der Waals surface area contributed by atoms with E-state index >= 15 is 0 Å². The summed E-state index contributed by atoms with van der Waals surface area (Å²) in [6.07, 6.45) is 0. The summed E-state index contributed by atoms with van der Waals surface area (Å²) in [6.45, 7) is 4.65. The second kappa shape index (κ2) is 8.57. The van der Waals surface area contributed by atoms with Crippen LogP contribution >= 0.6 is 22.6 Å². The van der Waals surface area contributed by atoms with Crippen LogP contribution in [0.3, 0.4) is 0 Å². The van der Waals surface area contributed by atoms with E-state index in [1.54, 1.807) is 7.11 Å². The van der Waals surface area contributed by atoms with Crippen LogP contribution in [0.4, 0.5) is 5.69 Å². The van der Waals surface area contributed by atoms with Gasteiger partial charge in [-0.15, -0.1) is 0 Å². The van der Waals surface area contributed by atoms with Crippen molar-refractivity contribution in [2.45, 2.75) is 20.4 Å². The first-order valence-corrected chi connectivity index (χ1v) is 9.84. The van der Waals surface area contributed by atoms with Crippen molar-refractivity contribution in [1.82, 2.24) is 0 Å². The van der Waals surface area contributed by atoms with E-state index in [9.17, 15) is 4.79 Å². The summed E-state index contributed by atoms with van der Waals surface area (Å²) < 4.78 is 6.29. The van der Waals surface area contributed by atoms with Gasteiger partial charge < -0.3 is 9.64 Å². The predicted molar refractivity (Wildman–Crippen MR) is 119 cm³/mol. The Morgan fingerprint density at radius 1 is 1.00 bits per heavy atom. The molecule has 0 N–H and O–H groups in total. The second-order valence-electron chi connectivity index (χ2n) is 6.52. The zero-order chi connectivity index (χ0) is 19.4. The number of methoxy groups -OCH3 is 1. The van der Waals surface area contributed by atoms with Crippen LogP contribution in [0.1, 0.15) is 27.0 Å². The molecule has 4 heteroatoms. The van der Waals surface area contributed by atoms with Crippen molar-refractivity contribution in [3.05, 3.63) is 92.6 Å². The van der Waals surface area contributed by atoms with Crippen LogP contribution in [0, 0.1) is 17.4 Å². The number of ether oxygens (including phenoxy) is 1. The molecule has 27 heavy (non-hydrogen) atoms. The van der Waals surface area contributed by atoms with Crippen molar-refractivity contribution in [3.63, 3.8) is 0 Å². The van der Waals surface area contributed by atoms with Crippen molar-refractivity contribution in [1.29, 1.82) is 0 Å². The van der Waals surface area contributed by atoms with Crippen molar-refractivity contribution in [2.24, 2.45) is 0 Å². The summed E-state index contributed by atoms with van der Waals surface area (Å²) in [5.41, 5.74) is 4.98. The van der Waals surface area contributed by atoms with Gasteiger partial charge in [0, 0.05) is 9.13 Å². The number of aryl methyl sites for hydroxylation is 2. The van der Waals surface area contributed by atoms with Crippen molar-refractivity contribution < 1.29 is 9.53 Å². The van der Waals surface area contributed by atoms with Gasteiger partial charge in [0.15, 0.2) is 0 Å². The molecule has 0 saturated heterocycles. The predicted octanol–water partition coefficient (Wildman–Crippen LogP) is 5.76. The molecule has 0 unspecified atom stereocenters. The first kappa shape index (κ1) is 19.4. The number of carbonyl (C=O) groups excluding carboxylic acids is 1. The fourth-order valence-corrected chi connectivity index (χ4v) is 4.37. The van der Waals surface area contributed by atoms with Gasteiger partial charge in [0.2, 0.25) is 0 Å². The van der Waals surface area contributed by atoms with E-state index in [-0.39, 0.29) is 5.91 Å². The van der Waals surface area contributed by atoms with Gasteiger partial charge in [-0.2, -0.15) is 0 Å². The van der Waals surface area contributed by atoms with E-state index < -0.39 is 0 Å². The highest BCUT2D eigenvalue weighted by molar-refractivity contribution is 14.1. The minimum atomic E-state index is -0.0219. The van der Waals surface area contributed by atoms with E-state index in [2.05, 4.69) is 48.6 Å². The van der Waals surface area contributed by atoms with Gasteiger partial charge in [0.1, 0.15) is 5.75 Å². The molecule has 0 atom stereocenters. The number of hydrogen-bond donors (Lipinski definition) is 0. The van der Waals surface area contributed by atoms with Crippen LogP contribution in [0.25, 0.3) is 0 Å². The Morgan fingerprint density at radius 3 is 2.26 bits per heavy atom. The minimum Gasteiger partial charge on any atom is -0.497 e. The Labute approximate surface area is 174 Å². The molecule has 3 nitrogen and oxygen atoms in total. The normalized spacial score (nSPS) is 10.5. The number of anilines is 1. The standard InChI is InChI=1S/C23H22INO2/c1-16-13-17(2)22(21(24)14-16)25(15-18-7-5-4-6-8-18)23(26)19-9-11-20(27-3)12-10-19/h4-14H,15H2,1-3H3. The second-order valence-corrected chi connectivity index (χ2v) is 7.68. The Balaban J connectivity index is 2.05. The average Bonchev–Trinajstić information content (AvgIpc) is 2.67. The van der Waals surface area contributed by atoms with E-state index in [1.807, 2.05) is 59.5 Å². The minimum absolute atomic E-state index is 0.0219. The number of hydrogen-bond acceptors (Lipinski definition) is 2. The molecule has 1 amide bonds. The first-order chi connectivity index (χ1) is 13.0. The van der Waals surface area contributed by atoms with E-state index in [1.165, 1.54) is 5.56 Å². The zero-order valence-electron chi connectivity index (χ0n) is 15.7. The highest BCUT2D eigenvalue weighted by Crippen LogP contribution is 2.31. The third-order valence-corrected chi connectivity index (χ3v) is 5.26. The number of amides is 1. The largest absolute Gasteiger partial charge is 0.497 e. The topological polar surface area (TPSA) is 29.5 Å². The molecule has 0 aromatic heterocycles. The number of nitrogens with zero attached hydrogens (tertiary/aromatic N) is 1. The molecule has 0 bridgehead atoms. The fraction of sp³-hybridized carbons (Fsp3) is 0.174. The summed E-state index contributed by atoms with van der Waals surface area (Å²) in [5.74, 6) is 0.716. The first-order valence-electron chi connectivity index (χ1n) is 8.76. The maximum atomic E-state index is 13.4. The molecule has 0 aliphatic heterocycles. The third-order valence-electron chi connectivity index (χ3n) is 4.43. The lowest BCUT2D eigenvalue weighted by atomic mass is 10.1. The highest BCUT2D eigenvalue weighted by Gasteiger charge is 2.22. The number of benzene rings is 3. The number of halogens is 1. The van der Waals surface area contributed by atoms with Gasteiger partial charge in [-0.25, -0.2) is 0 Å². The van der Waals surface area contributed by atoms with Crippen molar-refractivity contribution in [3.8, 4) is 5.75 Å². The van der Waals surface area contributed by atoms with Crippen LogP contribution < -0.4 is 9.64 Å². The lowest BCUT2D eigenvalue weighted by molar-refractivity contribution is 0.0984. The average molecular weight is 471 g/mol. The van der Waals surface area contributed by atoms with E-state index in [0.717, 1.165) is 26.1 Å². The summed E-state index contributed by atoms with van der Waals surface area (Å²) in [5, 5.41) is 0. The fourth-order valence-electron chi connectivity index (χ4n) is 3.16. The highest BCUT2D eigenvalue weighted by atomic mass is 127. The van der Waals surface area contributed by atoms with Gasteiger partial charge in [-0.3, -0.25) is 4.79 Å². The SMILES string of the molecule is COc1ccc(C(=O)N(Cc2ccccc2)c2c(C)cc(C)cc2I)cc1. The molecule has 138 valence electrons. The monoisotopic (exact) mass is 471 g/mol. The lowest BCUT2D eigenvalue weighted by Gasteiger charge is -2.26. The molecule has 3 aromatic rings. The molecule has 0 radical (unpaired) electrons. The van der Waals surface area contributed by atoms with Gasteiger partial charge in [-0.05, 0) is 83.5 Å². The molecule has 0 spiro atoms. The molecule has 3 aromatic carbocycles. The molecule has 0 fully saturated rings. The summed E-state index contributed by atoms with van der Waals surface area (Å²) in [7, 11) is 1.62. The van der Waals surface area contributed by atoms with Crippen LogP contribution in [0.2, 0.25) is 0 Å². The van der Waals surface area contributed by atoms with Crippen LogP contribution in [-0.4, -0.2) is 13.0 Å². The van der Waals surface area contributed by atoms with Crippen LogP contribution in [0.5, 0.6) is 5.75 Å². The quantitative estimate of drug-likeness (QED) is 0.443. The van der Waals surface area contributed by atoms with Crippen LogP contribution in [-0.2, 0) is 6.54 Å². The lowest BCUT2D eigenvalue weighted by Crippen LogP contribution is -2.31.